The van der Waals surface area contributed by atoms with Crippen molar-refractivity contribution >= 4 is 33.5 Å². The Labute approximate surface area is 177 Å². The third-order valence-corrected chi connectivity index (χ3v) is 6.05. The topological polar surface area (TPSA) is 92.7 Å². The monoisotopic (exact) mass is 431 g/mol. The van der Waals surface area contributed by atoms with Gasteiger partial charge in [-0.2, -0.15) is 0 Å². The molecule has 3 rings (SSSR count). The van der Waals surface area contributed by atoms with E-state index >= 15 is 0 Å². The van der Waals surface area contributed by atoms with Crippen LogP contribution in [0.15, 0.2) is 32.5 Å². The second-order valence-electron chi connectivity index (χ2n) is 7.09. The fourth-order valence-corrected chi connectivity index (χ4v) is 4.79. The van der Waals surface area contributed by atoms with Gasteiger partial charge in [-0.25, -0.2) is 0 Å². The van der Waals surface area contributed by atoms with Crippen molar-refractivity contribution in [3.05, 3.63) is 38.4 Å². The first kappa shape index (κ1) is 21.3. The first-order valence-electron chi connectivity index (χ1n) is 9.72. The van der Waals surface area contributed by atoms with Crippen molar-refractivity contribution in [2.24, 2.45) is 16.1 Å². The number of azo groups is 1. The van der Waals surface area contributed by atoms with E-state index in [1.807, 2.05) is 31.4 Å². The van der Waals surface area contributed by atoms with Crippen LogP contribution in [0.3, 0.4) is 0 Å². The van der Waals surface area contributed by atoms with Gasteiger partial charge in [-0.1, -0.05) is 45.1 Å². The molecule has 0 aliphatic heterocycles. The molecule has 0 unspecified atom stereocenters. The van der Waals surface area contributed by atoms with Gasteiger partial charge in [-0.15, -0.1) is 31.8 Å². The molecule has 0 amide bonds. The predicted octanol–water partition coefficient (Wildman–Crippen LogP) is 5.72. The third kappa shape index (κ3) is 4.62. The molecule has 7 nitrogen and oxygen atoms in total. The average Bonchev–Trinajstić information content (AvgIpc) is 3.35. The lowest BCUT2D eigenvalue weighted by Crippen LogP contribution is -2.23. The third-order valence-electron chi connectivity index (χ3n) is 4.34. The van der Waals surface area contributed by atoms with Crippen molar-refractivity contribution in [2.75, 3.05) is 0 Å². The van der Waals surface area contributed by atoms with Crippen LogP contribution in [0, 0.1) is 5.92 Å². The Bertz CT molecular complexity index is 1050. The van der Waals surface area contributed by atoms with Crippen LogP contribution in [0.2, 0.25) is 0 Å². The van der Waals surface area contributed by atoms with Crippen LogP contribution in [0.25, 0.3) is 10.6 Å². The molecule has 0 spiro atoms. The molecule has 0 radical (unpaired) electrons. The first-order chi connectivity index (χ1) is 14.0. The van der Waals surface area contributed by atoms with Crippen molar-refractivity contribution < 1.29 is 5.11 Å². The van der Waals surface area contributed by atoms with Gasteiger partial charge in [0.2, 0.25) is 0 Å². The maximum absolute atomic E-state index is 13.2. The molecule has 1 N–H and O–H groups in total. The van der Waals surface area contributed by atoms with E-state index in [0.29, 0.717) is 29.6 Å². The molecule has 0 saturated heterocycles. The van der Waals surface area contributed by atoms with Gasteiger partial charge in [-0.3, -0.25) is 4.79 Å². The van der Waals surface area contributed by atoms with E-state index in [1.54, 1.807) is 15.9 Å². The largest absolute Gasteiger partial charge is 0.505 e. The Hall–Kier alpha value is -2.39. The molecule has 3 aromatic heterocycles. The first-order valence-corrected chi connectivity index (χ1v) is 11.4. The summed E-state index contributed by atoms with van der Waals surface area (Å²) < 4.78 is 1.70. The van der Waals surface area contributed by atoms with Crippen molar-refractivity contribution in [3.63, 3.8) is 0 Å². The minimum atomic E-state index is -0.347. The van der Waals surface area contributed by atoms with Gasteiger partial charge >= 0.3 is 0 Å². The number of nitrogens with zero attached hydrogens (tertiary/aromatic N) is 5. The van der Waals surface area contributed by atoms with Crippen LogP contribution in [0.4, 0.5) is 10.8 Å². The van der Waals surface area contributed by atoms with E-state index in [1.165, 1.54) is 11.3 Å². The lowest BCUT2D eigenvalue weighted by Gasteiger charge is -2.17. The highest BCUT2D eigenvalue weighted by molar-refractivity contribution is 7.14. The molecule has 3 heterocycles. The van der Waals surface area contributed by atoms with E-state index in [0.717, 1.165) is 28.4 Å². The number of aromatic nitrogens is 3. The molecular formula is C20H25N5O2S2. The summed E-state index contributed by atoms with van der Waals surface area (Å²) in [7, 11) is 0. The highest BCUT2D eigenvalue weighted by Gasteiger charge is 2.22. The van der Waals surface area contributed by atoms with Crippen molar-refractivity contribution in [1.82, 2.24) is 14.8 Å². The number of aromatic hydroxyl groups is 1. The summed E-state index contributed by atoms with van der Waals surface area (Å²) in [4.78, 5) is 14.1. The second-order valence-corrected chi connectivity index (χ2v) is 9.08. The zero-order chi connectivity index (χ0) is 21.0. The molecule has 0 atom stereocenters. The Balaban J connectivity index is 2.09. The minimum Gasteiger partial charge on any atom is -0.505 e. The molecule has 0 saturated carbocycles. The summed E-state index contributed by atoms with van der Waals surface area (Å²) in [5.74, 6) is 0.360. The lowest BCUT2D eigenvalue weighted by molar-refractivity contribution is 0.465. The maximum atomic E-state index is 13.2. The molecule has 3 aromatic rings. The van der Waals surface area contributed by atoms with Gasteiger partial charge < -0.3 is 9.67 Å². The van der Waals surface area contributed by atoms with Crippen molar-refractivity contribution in [1.29, 1.82) is 0 Å². The van der Waals surface area contributed by atoms with Crippen molar-refractivity contribution in [3.8, 4) is 16.3 Å². The van der Waals surface area contributed by atoms with E-state index in [9.17, 15) is 9.90 Å². The summed E-state index contributed by atoms with van der Waals surface area (Å²) in [6.45, 7) is 8.73. The van der Waals surface area contributed by atoms with E-state index in [4.69, 9.17) is 0 Å². The van der Waals surface area contributed by atoms with E-state index < -0.39 is 0 Å². The summed E-state index contributed by atoms with van der Waals surface area (Å²) in [5.41, 5.74) is 1.07. The molecule has 0 fully saturated rings. The fourth-order valence-electron chi connectivity index (χ4n) is 3.12. The highest BCUT2D eigenvalue weighted by Crippen LogP contribution is 2.38. The van der Waals surface area contributed by atoms with Gasteiger partial charge in [0.05, 0.1) is 10.6 Å². The van der Waals surface area contributed by atoms with Crippen LogP contribution in [-0.2, 0) is 19.4 Å². The molecular weight excluding hydrogens is 406 g/mol. The highest BCUT2D eigenvalue weighted by atomic mass is 32.1. The smallest absolute Gasteiger partial charge is 0.282 e. The Kier molecular flexibility index (Phi) is 6.92. The number of pyridine rings is 1. The minimum absolute atomic E-state index is 0.0452. The molecule has 0 aliphatic carbocycles. The molecule has 0 bridgehead atoms. The average molecular weight is 432 g/mol. The molecule has 9 heteroatoms. The van der Waals surface area contributed by atoms with Gasteiger partial charge in [0.1, 0.15) is 5.01 Å². The van der Waals surface area contributed by atoms with Crippen LogP contribution in [-0.4, -0.2) is 19.9 Å². The van der Waals surface area contributed by atoms with Crippen molar-refractivity contribution in [2.45, 2.75) is 53.5 Å². The van der Waals surface area contributed by atoms with E-state index in [-0.39, 0.29) is 17.0 Å². The molecule has 154 valence electrons. The fraction of sp³-hybridized carbons (Fsp3) is 0.450. The van der Waals surface area contributed by atoms with Crippen LogP contribution < -0.4 is 5.56 Å². The van der Waals surface area contributed by atoms with Gasteiger partial charge in [0.25, 0.3) is 10.7 Å². The SMILES string of the molecule is CCCn1c(-c2cccs2)c(CC)c(O)c(N=Nc2nnc(CC(C)C)s2)c1=O. The second kappa shape index (κ2) is 9.41. The summed E-state index contributed by atoms with van der Waals surface area (Å²) >= 11 is 2.89. The van der Waals surface area contributed by atoms with E-state index in [2.05, 4.69) is 34.3 Å². The number of hydrogen-bond acceptors (Lipinski definition) is 8. The normalized spacial score (nSPS) is 11.8. The van der Waals surface area contributed by atoms with Gasteiger partial charge in [0, 0.05) is 18.5 Å². The standard InChI is InChI=1S/C20H25N5O2S2/c1-5-9-25-17(14-8-7-10-28-14)13(6-2)18(26)16(19(25)27)22-24-20-23-21-15(29-20)11-12(3)4/h7-8,10,12,26H,5-6,9,11H2,1-4H3. The van der Waals surface area contributed by atoms with Crippen LogP contribution in [0.1, 0.15) is 44.7 Å². The Morgan fingerprint density at radius 1 is 1.24 bits per heavy atom. The van der Waals surface area contributed by atoms with Crippen LogP contribution >= 0.6 is 22.7 Å². The quantitative estimate of drug-likeness (QED) is 0.462. The summed E-state index contributed by atoms with van der Waals surface area (Å²) in [5, 5.41) is 30.4. The lowest BCUT2D eigenvalue weighted by atomic mass is 10.1. The maximum Gasteiger partial charge on any atom is 0.282 e. The summed E-state index contributed by atoms with van der Waals surface area (Å²) in [6, 6.07) is 3.90. The van der Waals surface area contributed by atoms with Gasteiger partial charge in [0.15, 0.2) is 11.4 Å². The number of hydrogen-bond donors (Lipinski definition) is 1. The number of thiophene rings is 1. The Morgan fingerprint density at radius 3 is 2.66 bits per heavy atom. The zero-order valence-electron chi connectivity index (χ0n) is 17.0. The predicted molar refractivity (Wildman–Crippen MR) is 118 cm³/mol. The molecule has 29 heavy (non-hydrogen) atoms. The molecule has 0 aromatic carbocycles. The van der Waals surface area contributed by atoms with Crippen LogP contribution in [0.5, 0.6) is 5.75 Å². The zero-order valence-corrected chi connectivity index (χ0v) is 18.7. The molecule has 0 aliphatic rings. The number of rotatable bonds is 8. The Morgan fingerprint density at radius 2 is 2.03 bits per heavy atom. The van der Waals surface area contributed by atoms with Gasteiger partial charge in [-0.05, 0) is 30.2 Å². The summed E-state index contributed by atoms with van der Waals surface area (Å²) in [6.07, 6.45) is 2.18.